The van der Waals surface area contributed by atoms with Crippen molar-refractivity contribution < 1.29 is 4.74 Å². The predicted molar refractivity (Wildman–Crippen MR) is 98.0 cm³/mol. The van der Waals surface area contributed by atoms with E-state index >= 15 is 0 Å². The molecule has 0 bridgehead atoms. The molecule has 0 amide bonds. The van der Waals surface area contributed by atoms with Crippen LogP contribution < -0.4 is 21.6 Å². The van der Waals surface area contributed by atoms with E-state index in [-0.39, 0.29) is 22.6 Å². The fourth-order valence-corrected chi connectivity index (χ4v) is 2.96. The molecule has 0 fully saturated rings. The number of hydrogen-bond donors (Lipinski definition) is 2. The van der Waals surface area contributed by atoms with Gasteiger partial charge >= 0.3 is 0 Å². The lowest BCUT2D eigenvalue weighted by atomic mass is 10.1. The van der Waals surface area contributed by atoms with Crippen LogP contribution in [0.2, 0.25) is 0 Å². The first kappa shape index (κ1) is 14.9. The second-order valence-corrected chi connectivity index (χ2v) is 5.55. The Balaban J connectivity index is 2.23. The maximum absolute atomic E-state index is 12.9. The molecule has 0 aliphatic heterocycles. The fraction of sp³-hybridized carbons (Fsp3) is 0.0556. The third-order valence-electron chi connectivity index (χ3n) is 4.09. The van der Waals surface area contributed by atoms with Crippen molar-refractivity contribution in [3.8, 4) is 11.4 Å². The summed E-state index contributed by atoms with van der Waals surface area (Å²) in [5.74, 6) is 0.814. The number of pyridine rings is 1. The van der Waals surface area contributed by atoms with Gasteiger partial charge in [0, 0.05) is 11.1 Å². The van der Waals surface area contributed by atoms with Gasteiger partial charge < -0.3 is 16.2 Å². The Morgan fingerprint density at radius 1 is 1.00 bits per heavy atom. The zero-order valence-corrected chi connectivity index (χ0v) is 13.4. The standard InChI is InChI=1S/C18H15N5O2/c1-25-11-8-6-10(7-9-11)23-13-5-3-2-4-12(13)15(24)14-16(19)21-18(20)22-17(14)23/h2-9H,1H3,(H4,19,20,21,22). The molecule has 0 saturated heterocycles. The summed E-state index contributed by atoms with van der Waals surface area (Å²) < 4.78 is 7.06. The molecule has 7 nitrogen and oxygen atoms in total. The molecule has 0 aliphatic carbocycles. The number of nitrogen functional groups attached to an aromatic ring is 2. The number of hydrogen-bond acceptors (Lipinski definition) is 6. The lowest BCUT2D eigenvalue weighted by Crippen LogP contribution is -2.15. The number of nitrogens with two attached hydrogens (primary N) is 2. The summed E-state index contributed by atoms with van der Waals surface area (Å²) in [4.78, 5) is 21.1. The van der Waals surface area contributed by atoms with Gasteiger partial charge in [-0.15, -0.1) is 0 Å². The Bertz CT molecular complexity index is 1170. The molecule has 25 heavy (non-hydrogen) atoms. The molecule has 0 saturated carbocycles. The number of para-hydroxylation sites is 1. The van der Waals surface area contributed by atoms with Crippen molar-refractivity contribution in [2.45, 2.75) is 0 Å². The molecule has 2 heterocycles. The molecular weight excluding hydrogens is 318 g/mol. The van der Waals surface area contributed by atoms with Crippen molar-refractivity contribution in [2.75, 3.05) is 18.6 Å². The van der Waals surface area contributed by atoms with Gasteiger partial charge in [-0.1, -0.05) is 12.1 Å². The van der Waals surface area contributed by atoms with Crippen molar-refractivity contribution >= 4 is 33.7 Å². The quantitative estimate of drug-likeness (QED) is 0.544. The second kappa shape index (κ2) is 5.48. The van der Waals surface area contributed by atoms with Crippen LogP contribution >= 0.6 is 0 Å². The molecule has 4 aromatic rings. The fourth-order valence-electron chi connectivity index (χ4n) is 2.96. The highest BCUT2D eigenvalue weighted by molar-refractivity contribution is 5.98. The van der Waals surface area contributed by atoms with E-state index in [2.05, 4.69) is 9.97 Å². The molecule has 2 aromatic carbocycles. The van der Waals surface area contributed by atoms with Crippen LogP contribution in [-0.2, 0) is 0 Å². The van der Waals surface area contributed by atoms with Gasteiger partial charge in [0.05, 0.1) is 12.6 Å². The second-order valence-electron chi connectivity index (χ2n) is 5.55. The van der Waals surface area contributed by atoms with Crippen LogP contribution in [0.15, 0.2) is 53.3 Å². The Kier molecular flexibility index (Phi) is 3.28. The zero-order chi connectivity index (χ0) is 17.6. The number of anilines is 2. The van der Waals surface area contributed by atoms with Crippen LogP contribution in [0.3, 0.4) is 0 Å². The van der Waals surface area contributed by atoms with E-state index < -0.39 is 0 Å². The number of ether oxygens (including phenoxy) is 1. The van der Waals surface area contributed by atoms with Gasteiger partial charge in [0.25, 0.3) is 0 Å². The molecule has 4 rings (SSSR count). The van der Waals surface area contributed by atoms with Crippen molar-refractivity contribution in [3.05, 3.63) is 58.8 Å². The van der Waals surface area contributed by atoms with Gasteiger partial charge in [-0.25, -0.2) is 0 Å². The Hall–Kier alpha value is -3.61. The smallest absolute Gasteiger partial charge is 0.224 e. The molecule has 124 valence electrons. The molecule has 2 aromatic heterocycles. The minimum Gasteiger partial charge on any atom is -0.497 e. The van der Waals surface area contributed by atoms with E-state index in [1.54, 1.807) is 13.2 Å². The Labute approximate surface area is 142 Å². The van der Waals surface area contributed by atoms with Crippen LogP contribution in [-0.4, -0.2) is 21.6 Å². The maximum atomic E-state index is 12.9. The van der Waals surface area contributed by atoms with E-state index in [1.807, 2.05) is 47.0 Å². The van der Waals surface area contributed by atoms with Crippen LogP contribution in [0.5, 0.6) is 5.75 Å². The van der Waals surface area contributed by atoms with Gasteiger partial charge in [0.15, 0.2) is 5.65 Å². The van der Waals surface area contributed by atoms with Crippen LogP contribution in [0.25, 0.3) is 27.6 Å². The van der Waals surface area contributed by atoms with Crippen molar-refractivity contribution in [1.29, 1.82) is 0 Å². The molecule has 0 spiro atoms. The molecular formula is C18H15N5O2. The zero-order valence-electron chi connectivity index (χ0n) is 13.4. The predicted octanol–water partition coefficient (Wildman–Crippen LogP) is 2.11. The Morgan fingerprint density at radius 3 is 2.44 bits per heavy atom. The molecule has 7 heteroatoms. The normalized spacial score (nSPS) is 11.1. The van der Waals surface area contributed by atoms with Crippen LogP contribution in [0.1, 0.15) is 0 Å². The monoisotopic (exact) mass is 333 g/mol. The van der Waals surface area contributed by atoms with Crippen molar-refractivity contribution in [2.24, 2.45) is 0 Å². The summed E-state index contributed by atoms with van der Waals surface area (Å²) in [6.45, 7) is 0. The minimum absolute atomic E-state index is 0.0157. The maximum Gasteiger partial charge on any atom is 0.224 e. The van der Waals surface area contributed by atoms with E-state index in [9.17, 15) is 4.79 Å². The number of nitrogens with zero attached hydrogens (tertiary/aromatic N) is 3. The lowest BCUT2D eigenvalue weighted by Gasteiger charge is -2.15. The van der Waals surface area contributed by atoms with Crippen molar-refractivity contribution in [1.82, 2.24) is 14.5 Å². The number of rotatable bonds is 2. The molecule has 4 N–H and O–H groups in total. The summed E-state index contributed by atoms with van der Waals surface area (Å²) in [7, 11) is 1.60. The summed E-state index contributed by atoms with van der Waals surface area (Å²) in [6.07, 6.45) is 0. The highest BCUT2D eigenvalue weighted by Gasteiger charge is 2.17. The van der Waals surface area contributed by atoms with E-state index in [1.165, 1.54) is 0 Å². The first-order valence-electron chi connectivity index (χ1n) is 7.61. The van der Waals surface area contributed by atoms with Crippen LogP contribution in [0, 0.1) is 0 Å². The SMILES string of the molecule is COc1ccc(-n2c3ccccc3c(=O)c3c(N)nc(N)nc32)cc1. The highest BCUT2D eigenvalue weighted by atomic mass is 16.5. The van der Waals surface area contributed by atoms with Gasteiger partial charge in [0.1, 0.15) is 17.0 Å². The van der Waals surface area contributed by atoms with Crippen molar-refractivity contribution in [3.63, 3.8) is 0 Å². The minimum atomic E-state index is -0.215. The Morgan fingerprint density at radius 2 is 1.72 bits per heavy atom. The van der Waals surface area contributed by atoms with Gasteiger partial charge in [-0.2, -0.15) is 9.97 Å². The molecule has 0 aliphatic rings. The van der Waals surface area contributed by atoms with E-state index in [0.29, 0.717) is 16.6 Å². The molecule has 0 unspecified atom stereocenters. The third kappa shape index (κ3) is 2.25. The summed E-state index contributed by atoms with van der Waals surface area (Å²) in [5.41, 5.74) is 13.4. The average molecular weight is 333 g/mol. The van der Waals surface area contributed by atoms with E-state index in [4.69, 9.17) is 16.2 Å². The largest absolute Gasteiger partial charge is 0.497 e. The summed E-state index contributed by atoms with van der Waals surface area (Å²) in [5, 5.41) is 0.787. The topological polar surface area (TPSA) is 109 Å². The van der Waals surface area contributed by atoms with Gasteiger partial charge in [-0.05, 0) is 36.4 Å². The van der Waals surface area contributed by atoms with Crippen LogP contribution in [0.4, 0.5) is 11.8 Å². The average Bonchev–Trinajstić information content (AvgIpc) is 2.62. The lowest BCUT2D eigenvalue weighted by molar-refractivity contribution is 0.415. The van der Waals surface area contributed by atoms with Gasteiger partial charge in [0.2, 0.25) is 11.4 Å². The summed E-state index contributed by atoms with van der Waals surface area (Å²) >= 11 is 0. The van der Waals surface area contributed by atoms with Gasteiger partial charge in [-0.3, -0.25) is 9.36 Å². The summed E-state index contributed by atoms with van der Waals surface area (Å²) in [6, 6.07) is 14.7. The number of methoxy groups -OCH3 is 1. The first-order chi connectivity index (χ1) is 12.1. The first-order valence-corrected chi connectivity index (χ1v) is 7.61. The number of benzene rings is 2. The third-order valence-corrected chi connectivity index (χ3v) is 4.09. The van der Waals surface area contributed by atoms with E-state index in [0.717, 1.165) is 11.4 Å². The molecule has 0 radical (unpaired) electrons. The number of aromatic nitrogens is 3. The highest BCUT2D eigenvalue weighted by Crippen LogP contribution is 2.26. The molecule has 0 atom stereocenters. The number of fused-ring (bicyclic) bond motifs is 2.